The van der Waals surface area contributed by atoms with Crippen LogP contribution >= 0.6 is 0 Å². The highest BCUT2D eigenvalue weighted by Gasteiger charge is 2.30. The van der Waals surface area contributed by atoms with Crippen molar-refractivity contribution in [3.8, 4) is 5.75 Å². The molecule has 232 valence electrons. The summed E-state index contributed by atoms with van der Waals surface area (Å²) >= 11 is 0. The van der Waals surface area contributed by atoms with Gasteiger partial charge in [-0.2, -0.15) is 0 Å². The van der Waals surface area contributed by atoms with Crippen molar-refractivity contribution in [1.82, 2.24) is 31.5 Å². The molecule has 0 spiro atoms. The number of carbonyl (C=O) groups is 5. The zero-order chi connectivity index (χ0) is 30.6. The summed E-state index contributed by atoms with van der Waals surface area (Å²) in [6, 6.07) is 3.12. The van der Waals surface area contributed by atoms with Crippen molar-refractivity contribution >= 4 is 29.5 Å². The van der Waals surface area contributed by atoms with Crippen molar-refractivity contribution in [2.24, 2.45) is 5.92 Å². The second-order valence-electron chi connectivity index (χ2n) is 11.5. The number of amides is 5. The molecule has 12 nitrogen and oxygen atoms in total. The zero-order valence-electron chi connectivity index (χ0n) is 25.2. The molecule has 12 heteroatoms. The number of ether oxygens (including phenoxy) is 1. The molecule has 4 atom stereocenters. The lowest BCUT2D eigenvalue weighted by atomic mass is 10.0. The molecule has 0 aliphatic carbocycles. The maximum atomic E-state index is 13.4. The number of hydrogen-bond acceptors (Lipinski definition) is 7. The number of hydrogen-bond donors (Lipinski definition) is 5. The Hall–Kier alpha value is -3.67. The standard InChI is InChI=1S/C30H46N6O6/c1-19(2)26-30(41)32-20(3)18-42-24-12-8-7-11-22(24)28(39)34-23(17-25(37)33-21(4)27(38)35-26)29(40)31-13-16-36-14-9-5-6-10-15-36/h7-8,11-12,19-21,23,26H,5-6,9-10,13-18H2,1-4H3,(H,31,40)(H,32,41)(H,33,37)(H,34,39)(H,35,38)/t20-,21-,23-,26+/m0/s1. The van der Waals surface area contributed by atoms with Crippen molar-refractivity contribution in [2.75, 3.05) is 32.8 Å². The van der Waals surface area contributed by atoms with Gasteiger partial charge in [-0.15, -0.1) is 0 Å². The summed E-state index contributed by atoms with van der Waals surface area (Å²) in [5.41, 5.74) is 0.188. The minimum Gasteiger partial charge on any atom is -0.491 e. The van der Waals surface area contributed by atoms with Gasteiger partial charge in [0, 0.05) is 13.1 Å². The summed E-state index contributed by atoms with van der Waals surface area (Å²) in [4.78, 5) is 67.8. The average Bonchev–Trinajstić information content (AvgIpc) is 3.22. The summed E-state index contributed by atoms with van der Waals surface area (Å²) in [7, 11) is 0. The highest BCUT2D eigenvalue weighted by Crippen LogP contribution is 2.19. The summed E-state index contributed by atoms with van der Waals surface area (Å²) in [5, 5.41) is 13.7. The van der Waals surface area contributed by atoms with E-state index in [1.54, 1.807) is 45.0 Å². The maximum Gasteiger partial charge on any atom is 0.255 e. The Balaban J connectivity index is 1.80. The summed E-state index contributed by atoms with van der Waals surface area (Å²) in [6.45, 7) is 9.93. The van der Waals surface area contributed by atoms with Gasteiger partial charge in [0.1, 0.15) is 30.5 Å². The van der Waals surface area contributed by atoms with Crippen LogP contribution in [-0.4, -0.2) is 91.4 Å². The molecule has 0 saturated carbocycles. The van der Waals surface area contributed by atoms with Crippen LogP contribution in [0.15, 0.2) is 24.3 Å². The molecule has 1 aromatic carbocycles. The highest BCUT2D eigenvalue weighted by atomic mass is 16.5. The zero-order valence-corrected chi connectivity index (χ0v) is 25.2. The lowest BCUT2D eigenvalue weighted by Gasteiger charge is -2.25. The number of para-hydroxylation sites is 1. The predicted molar refractivity (Wildman–Crippen MR) is 158 cm³/mol. The minimum absolute atomic E-state index is 0.0612. The molecule has 2 aliphatic heterocycles. The first kappa shape index (κ1) is 32.8. The molecule has 0 bridgehead atoms. The quantitative estimate of drug-likeness (QED) is 0.340. The number of carbonyl (C=O) groups excluding carboxylic acids is 5. The third-order valence-corrected chi connectivity index (χ3v) is 7.46. The van der Waals surface area contributed by atoms with Crippen LogP contribution in [0.3, 0.4) is 0 Å². The van der Waals surface area contributed by atoms with Crippen molar-refractivity contribution in [3.63, 3.8) is 0 Å². The molecule has 2 heterocycles. The van der Waals surface area contributed by atoms with Gasteiger partial charge in [0.05, 0.1) is 18.0 Å². The number of likely N-dealkylation sites (tertiary alicyclic amines) is 1. The van der Waals surface area contributed by atoms with Crippen molar-refractivity contribution in [1.29, 1.82) is 0 Å². The van der Waals surface area contributed by atoms with Crippen LogP contribution in [0, 0.1) is 5.92 Å². The summed E-state index contributed by atoms with van der Waals surface area (Å²) in [5.74, 6) is -2.56. The van der Waals surface area contributed by atoms with Crippen LogP contribution in [0.25, 0.3) is 0 Å². The third-order valence-electron chi connectivity index (χ3n) is 7.46. The molecule has 5 amide bonds. The Morgan fingerprint density at radius 3 is 2.33 bits per heavy atom. The van der Waals surface area contributed by atoms with Gasteiger partial charge < -0.3 is 36.2 Å². The predicted octanol–water partition coefficient (Wildman–Crippen LogP) is 0.710. The van der Waals surface area contributed by atoms with Gasteiger partial charge in [-0.3, -0.25) is 24.0 Å². The molecule has 2 aliphatic rings. The number of nitrogens with one attached hydrogen (secondary N) is 5. The molecule has 1 fully saturated rings. The number of nitrogens with zero attached hydrogens (tertiary/aromatic N) is 1. The summed E-state index contributed by atoms with van der Waals surface area (Å²) in [6.07, 6.45) is 4.28. The minimum atomic E-state index is -1.19. The lowest BCUT2D eigenvalue weighted by molar-refractivity contribution is -0.133. The Morgan fingerprint density at radius 2 is 1.64 bits per heavy atom. The lowest BCUT2D eigenvalue weighted by Crippen LogP contribution is -2.56. The first-order chi connectivity index (χ1) is 20.0. The average molecular weight is 587 g/mol. The number of fused-ring (bicyclic) bond motifs is 1. The monoisotopic (exact) mass is 586 g/mol. The van der Waals surface area contributed by atoms with Crippen LogP contribution < -0.4 is 31.3 Å². The van der Waals surface area contributed by atoms with E-state index in [1.807, 2.05) is 0 Å². The fourth-order valence-electron chi connectivity index (χ4n) is 5.00. The first-order valence-corrected chi connectivity index (χ1v) is 15.0. The molecule has 0 aromatic heterocycles. The molecule has 1 saturated heterocycles. The largest absolute Gasteiger partial charge is 0.491 e. The van der Waals surface area contributed by atoms with Crippen LogP contribution in [0.2, 0.25) is 0 Å². The van der Waals surface area contributed by atoms with E-state index in [0.29, 0.717) is 13.1 Å². The molecule has 5 N–H and O–H groups in total. The van der Waals surface area contributed by atoms with Crippen LogP contribution in [0.1, 0.15) is 70.2 Å². The molecule has 0 radical (unpaired) electrons. The Morgan fingerprint density at radius 1 is 0.952 bits per heavy atom. The normalized spacial score (nSPS) is 25.5. The fraction of sp³-hybridized carbons (Fsp3) is 0.633. The van der Waals surface area contributed by atoms with E-state index >= 15 is 0 Å². The molecular formula is C30H46N6O6. The SMILES string of the molecule is CC(C)[C@H]1NC(=O)[C@H](C)NC(=O)C[C@@H](C(=O)NCCN2CCCCCC2)NC(=O)c2ccccc2OC[C@H](C)NC1=O. The van der Waals surface area contributed by atoms with Crippen LogP contribution in [0.4, 0.5) is 0 Å². The Bertz CT molecular complexity index is 1100. The summed E-state index contributed by atoms with van der Waals surface area (Å²) < 4.78 is 5.89. The van der Waals surface area contributed by atoms with Gasteiger partial charge >= 0.3 is 0 Å². The number of benzene rings is 1. The van der Waals surface area contributed by atoms with Crippen molar-refractivity contribution in [2.45, 2.75) is 84.0 Å². The smallest absolute Gasteiger partial charge is 0.255 e. The van der Waals surface area contributed by atoms with E-state index in [0.717, 1.165) is 25.9 Å². The molecular weight excluding hydrogens is 540 g/mol. The van der Waals surface area contributed by atoms with E-state index in [4.69, 9.17) is 4.74 Å². The fourth-order valence-corrected chi connectivity index (χ4v) is 5.00. The van der Waals surface area contributed by atoms with Crippen molar-refractivity contribution in [3.05, 3.63) is 29.8 Å². The van der Waals surface area contributed by atoms with Gasteiger partial charge in [0.15, 0.2) is 0 Å². The third kappa shape index (κ3) is 10.0. The molecule has 1 aromatic rings. The molecule has 42 heavy (non-hydrogen) atoms. The first-order valence-electron chi connectivity index (χ1n) is 15.0. The second-order valence-corrected chi connectivity index (χ2v) is 11.5. The second kappa shape index (κ2) is 16.1. The van der Waals surface area contributed by atoms with E-state index in [1.165, 1.54) is 19.8 Å². The van der Waals surface area contributed by atoms with Gasteiger partial charge in [-0.1, -0.05) is 38.8 Å². The van der Waals surface area contributed by atoms with Gasteiger partial charge in [0.25, 0.3) is 5.91 Å². The van der Waals surface area contributed by atoms with E-state index in [-0.39, 0.29) is 36.2 Å². The van der Waals surface area contributed by atoms with Crippen LogP contribution in [-0.2, 0) is 19.2 Å². The Labute approximate surface area is 248 Å². The van der Waals surface area contributed by atoms with Crippen molar-refractivity contribution < 1.29 is 28.7 Å². The Kier molecular flexibility index (Phi) is 12.6. The van der Waals surface area contributed by atoms with Crippen LogP contribution in [0.5, 0.6) is 5.75 Å². The highest BCUT2D eigenvalue weighted by molar-refractivity contribution is 6.01. The molecule has 3 rings (SSSR count). The van der Waals surface area contributed by atoms with Gasteiger partial charge in [0.2, 0.25) is 23.6 Å². The van der Waals surface area contributed by atoms with Gasteiger partial charge in [-0.25, -0.2) is 0 Å². The number of rotatable bonds is 5. The van der Waals surface area contributed by atoms with Gasteiger partial charge in [-0.05, 0) is 57.8 Å². The topological polar surface area (TPSA) is 158 Å². The van der Waals surface area contributed by atoms with E-state index in [2.05, 4.69) is 31.5 Å². The van der Waals surface area contributed by atoms with E-state index in [9.17, 15) is 24.0 Å². The maximum absolute atomic E-state index is 13.4. The van der Waals surface area contributed by atoms with E-state index < -0.39 is 47.8 Å². The molecule has 0 unspecified atom stereocenters.